The second kappa shape index (κ2) is 3.61. The molecule has 0 atom stereocenters. The molecule has 0 bridgehead atoms. The van der Waals surface area contributed by atoms with Crippen LogP contribution in [0.1, 0.15) is 0 Å². The first-order valence-corrected chi connectivity index (χ1v) is 6.36. The molecule has 0 spiro atoms. The summed E-state index contributed by atoms with van der Waals surface area (Å²) in [5, 5.41) is 0.944. The molecule has 86 valence electrons. The Bertz CT molecular complexity index is 708. The lowest BCUT2D eigenvalue weighted by Crippen LogP contribution is -1.81. The summed E-state index contributed by atoms with van der Waals surface area (Å²) < 4.78 is 3.14. The van der Waals surface area contributed by atoms with Gasteiger partial charge in [0.2, 0.25) is 0 Å². The number of benzene rings is 1. The van der Waals surface area contributed by atoms with Crippen molar-refractivity contribution in [2.45, 2.75) is 0 Å². The minimum Gasteiger partial charge on any atom is -0.304 e. The van der Waals surface area contributed by atoms with Crippen LogP contribution in [-0.4, -0.2) is 19.4 Å². The van der Waals surface area contributed by atoms with Crippen molar-refractivity contribution in [1.29, 1.82) is 0 Å². The van der Waals surface area contributed by atoms with Gasteiger partial charge in [0.1, 0.15) is 10.7 Å². The first-order chi connectivity index (χ1) is 8.90. The molecule has 3 aromatic heterocycles. The van der Waals surface area contributed by atoms with Crippen molar-refractivity contribution in [3.8, 4) is 10.7 Å². The lowest BCUT2D eigenvalue weighted by atomic mass is 10.3. The zero-order valence-electron chi connectivity index (χ0n) is 9.32. The van der Waals surface area contributed by atoms with Crippen LogP contribution in [0.3, 0.4) is 0 Å². The van der Waals surface area contributed by atoms with Gasteiger partial charge >= 0.3 is 0 Å². The zero-order chi connectivity index (χ0) is 11.9. The molecular weight excluding hydrogens is 244 g/mol. The summed E-state index contributed by atoms with van der Waals surface area (Å²) in [6.45, 7) is 0. The summed E-state index contributed by atoms with van der Waals surface area (Å²) in [6.07, 6.45) is 7.36. The van der Waals surface area contributed by atoms with Crippen molar-refractivity contribution in [2.75, 3.05) is 0 Å². The fourth-order valence-electron chi connectivity index (χ4n) is 1.93. The van der Waals surface area contributed by atoms with Crippen molar-refractivity contribution in [3.05, 3.63) is 49.1 Å². The van der Waals surface area contributed by atoms with Crippen molar-refractivity contribution < 1.29 is 0 Å². The standard InChI is InChI=1S/C13H8N4S/c1-2-4-11-9(3-1)16-13(18-11)10-8-17-6-5-14-7-12(17)15-10/h1-8H. The van der Waals surface area contributed by atoms with E-state index in [-0.39, 0.29) is 0 Å². The van der Waals surface area contributed by atoms with E-state index in [1.807, 2.05) is 35.0 Å². The molecule has 0 N–H and O–H groups in total. The van der Waals surface area contributed by atoms with Gasteiger partial charge in [-0.3, -0.25) is 4.98 Å². The van der Waals surface area contributed by atoms with Gasteiger partial charge in [-0.25, -0.2) is 9.97 Å². The van der Waals surface area contributed by atoms with E-state index in [0.717, 1.165) is 21.9 Å². The highest BCUT2D eigenvalue weighted by Crippen LogP contribution is 2.29. The third kappa shape index (κ3) is 1.41. The van der Waals surface area contributed by atoms with Crippen LogP contribution in [0.4, 0.5) is 0 Å². The average Bonchev–Trinajstić information content (AvgIpc) is 3.02. The minimum atomic E-state index is 0.840. The maximum Gasteiger partial charge on any atom is 0.156 e. The summed E-state index contributed by atoms with van der Waals surface area (Å²) in [5.41, 5.74) is 2.75. The Kier molecular flexibility index (Phi) is 1.95. The molecule has 0 unspecified atom stereocenters. The van der Waals surface area contributed by atoms with E-state index in [1.54, 1.807) is 23.7 Å². The number of thiazole rings is 1. The van der Waals surface area contributed by atoms with Crippen LogP contribution < -0.4 is 0 Å². The number of nitrogens with zero attached hydrogens (tertiary/aromatic N) is 4. The number of imidazole rings is 1. The second-order valence-electron chi connectivity index (χ2n) is 3.95. The van der Waals surface area contributed by atoms with E-state index in [0.29, 0.717) is 0 Å². The lowest BCUT2D eigenvalue weighted by Gasteiger charge is -1.86. The Morgan fingerprint density at radius 2 is 2.06 bits per heavy atom. The molecule has 0 fully saturated rings. The van der Waals surface area contributed by atoms with Crippen LogP contribution >= 0.6 is 11.3 Å². The van der Waals surface area contributed by atoms with Crippen molar-refractivity contribution >= 4 is 27.2 Å². The fraction of sp³-hybridized carbons (Fsp3) is 0. The molecule has 1 aromatic carbocycles. The monoisotopic (exact) mass is 252 g/mol. The molecule has 0 saturated carbocycles. The lowest BCUT2D eigenvalue weighted by molar-refractivity contribution is 1.13. The molecular formula is C13H8N4S. The highest BCUT2D eigenvalue weighted by atomic mass is 32.1. The third-order valence-electron chi connectivity index (χ3n) is 2.78. The highest BCUT2D eigenvalue weighted by Gasteiger charge is 2.09. The molecule has 4 nitrogen and oxygen atoms in total. The molecule has 4 rings (SSSR count). The Hall–Kier alpha value is -2.27. The van der Waals surface area contributed by atoms with Crippen molar-refractivity contribution in [3.63, 3.8) is 0 Å². The van der Waals surface area contributed by atoms with E-state index >= 15 is 0 Å². The summed E-state index contributed by atoms with van der Waals surface area (Å²) in [5.74, 6) is 0. The summed E-state index contributed by atoms with van der Waals surface area (Å²) >= 11 is 1.66. The molecule has 3 heterocycles. The molecule has 0 aliphatic carbocycles. The Labute approximate surface area is 107 Å². The number of aromatic nitrogens is 4. The Balaban J connectivity index is 1.95. The van der Waals surface area contributed by atoms with Gasteiger partial charge in [-0.05, 0) is 12.1 Å². The number of rotatable bonds is 1. The van der Waals surface area contributed by atoms with Gasteiger partial charge in [-0.1, -0.05) is 12.1 Å². The third-order valence-corrected chi connectivity index (χ3v) is 3.84. The number of hydrogen-bond donors (Lipinski definition) is 0. The van der Waals surface area contributed by atoms with E-state index in [9.17, 15) is 0 Å². The minimum absolute atomic E-state index is 0.840. The summed E-state index contributed by atoms with van der Waals surface area (Å²) in [7, 11) is 0. The molecule has 0 radical (unpaired) electrons. The largest absolute Gasteiger partial charge is 0.304 e. The predicted molar refractivity (Wildman–Crippen MR) is 71.6 cm³/mol. The summed E-state index contributed by atoms with van der Waals surface area (Å²) in [6, 6.07) is 8.12. The summed E-state index contributed by atoms with van der Waals surface area (Å²) in [4.78, 5) is 13.2. The second-order valence-corrected chi connectivity index (χ2v) is 4.99. The molecule has 0 amide bonds. The van der Waals surface area contributed by atoms with Crippen molar-refractivity contribution in [2.24, 2.45) is 0 Å². The molecule has 5 heteroatoms. The first kappa shape index (κ1) is 9.73. The van der Waals surface area contributed by atoms with Crippen LogP contribution in [0.25, 0.3) is 26.6 Å². The van der Waals surface area contributed by atoms with E-state index in [4.69, 9.17) is 0 Å². The van der Waals surface area contributed by atoms with Crippen LogP contribution in [0.5, 0.6) is 0 Å². The maximum absolute atomic E-state index is 4.60. The van der Waals surface area contributed by atoms with Gasteiger partial charge < -0.3 is 4.40 Å². The Morgan fingerprint density at radius 3 is 2.94 bits per heavy atom. The molecule has 0 aliphatic heterocycles. The number of fused-ring (bicyclic) bond motifs is 2. The van der Waals surface area contributed by atoms with Crippen LogP contribution in [0.2, 0.25) is 0 Å². The molecule has 4 aromatic rings. The van der Waals surface area contributed by atoms with Crippen molar-refractivity contribution in [1.82, 2.24) is 19.4 Å². The first-order valence-electron chi connectivity index (χ1n) is 5.55. The van der Waals surface area contributed by atoms with Gasteiger partial charge in [0.15, 0.2) is 5.65 Å². The number of para-hydroxylation sites is 1. The number of hydrogen-bond acceptors (Lipinski definition) is 4. The SMILES string of the molecule is c1ccc2sc(-c3cn4ccncc4n3)nc2c1. The normalized spacial score (nSPS) is 11.3. The molecule has 18 heavy (non-hydrogen) atoms. The van der Waals surface area contributed by atoms with Gasteiger partial charge in [0.25, 0.3) is 0 Å². The van der Waals surface area contributed by atoms with E-state index in [1.165, 1.54) is 4.70 Å². The van der Waals surface area contributed by atoms with Crippen LogP contribution in [0, 0.1) is 0 Å². The zero-order valence-corrected chi connectivity index (χ0v) is 10.1. The topological polar surface area (TPSA) is 43.1 Å². The van der Waals surface area contributed by atoms with Gasteiger partial charge in [-0.2, -0.15) is 0 Å². The van der Waals surface area contributed by atoms with Crippen LogP contribution in [-0.2, 0) is 0 Å². The fourth-order valence-corrected chi connectivity index (χ4v) is 2.85. The smallest absolute Gasteiger partial charge is 0.156 e. The van der Waals surface area contributed by atoms with Gasteiger partial charge in [0.05, 0.1) is 16.4 Å². The van der Waals surface area contributed by atoms with E-state index in [2.05, 4.69) is 21.0 Å². The predicted octanol–water partition coefficient (Wildman–Crippen LogP) is 3.01. The van der Waals surface area contributed by atoms with Crippen LogP contribution in [0.15, 0.2) is 49.1 Å². The maximum atomic E-state index is 4.60. The highest BCUT2D eigenvalue weighted by molar-refractivity contribution is 7.21. The van der Waals surface area contributed by atoms with Gasteiger partial charge in [0, 0.05) is 18.6 Å². The Morgan fingerprint density at radius 1 is 1.11 bits per heavy atom. The average molecular weight is 252 g/mol. The van der Waals surface area contributed by atoms with Gasteiger partial charge in [-0.15, -0.1) is 11.3 Å². The quantitative estimate of drug-likeness (QED) is 0.523. The molecule has 0 saturated heterocycles. The van der Waals surface area contributed by atoms with E-state index < -0.39 is 0 Å². The molecule has 0 aliphatic rings.